The first-order chi connectivity index (χ1) is 4.52. The van der Waals surface area contributed by atoms with Crippen LogP contribution in [0.25, 0.3) is 0 Å². The van der Waals surface area contributed by atoms with Crippen molar-refractivity contribution in [1.82, 2.24) is 0 Å². The Bertz CT molecular complexity index is 151. The lowest BCUT2D eigenvalue weighted by Crippen LogP contribution is -2.09. The van der Waals surface area contributed by atoms with Crippen molar-refractivity contribution in [3.63, 3.8) is 0 Å². The Balaban J connectivity index is 4.39. The van der Waals surface area contributed by atoms with Crippen molar-refractivity contribution in [1.29, 1.82) is 0 Å². The third-order valence-electron chi connectivity index (χ3n) is 0.985. The average molecular weight is 150 g/mol. The van der Waals surface area contributed by atoms with Crippen LogP contribution in [0.15, 0.2) is 23.8 Å². The van der Waals surface area contributed by atoms with Crippen molar-refractivity contribution in [3.8, 4) is 0 Å². The molecule has 0 fully saturated rings. The minimum atomic E-state index is -4.21. The molecule has 3 heteroatoms. The van der Waals surface area contributed by atoms with Crippen LogP contribution in [-0.2, 0) is 0 Å². The fraction of sp³-hybridized carbons (Fsp3) is 0.429. The van der Waals surface area contributed by atoms with Crippen molar-refractivity contribution >= 4 is 0 Å². The van der Waals surface area contributed by atoms with E-state index in [1.165, 1.54) is 13.0 Å². The van der Waals surface area contributed by atoms with E-state index in [2.05, 4.69) is 0 Å². The maximum atomic E-state index is 11.8. The van der Waals surface area contributed by atoms with Crippen molar-refractivity contribution in [2.45, 2.75) is 20.0 Å². The zero-order valence-electron chi connectivity index (χ0n) is 5.87. The van der Waals surface area contributed by atoms with E-state index in [4.69, 9.17) is 0 Å². The number of alkyl halides is 3. The molecule has 0 atom stereocenters. The van der Waals surface area contributed by atoms with Gasteiger partial charge in [0, 0.05) is 0 Å². The summed E-state index contributed by atoms with van der Waals surface area (Å²) < 4.78 is 35.4. The van der Waals surface area contributed by atoms with E-state index in [-0.39, 0.29) is 0 Å². The minimum Gasteiger partial charge on any atom is -0.166 e. The summed E-state index contributed by atoms with van der Waals surface area (Å²) in [6.07, 6.45) is -0.760. The van der Waals surface area contributed by atoms with Gasteiger partial charge in [-0.25, -0.2) is 0 Å². The highest BCUT2D eigenvalue weighted by molar-refractivity contribution is 5.22. The molecule has 0 rings (SSSR count). The third-order valence-corrected chi connectivity index (χ3v) is 0.985. The molecule has 0 nitrogen and oxygen atoms in total. The van der Waals surface area contributed by atoms with Gasteiger partial charge in [-0.2, -0.15) is 13.2 Å². The quantitative estimate of drug-likeness (QED) is 0.504. The van der Waals surface area contributed by atoms with Gasteiger partial charge in [0.25, 0.3) is 0 Å². The summed E-state index contributed by atoms with van der Waals surface area (Å²) in [5, 5.41) is 0. The molecule has 0 heterocycles. The average Bonchev–Trinajstić information content (AvgIpc) is 1.80. The van der Waals surface area contributed by atoms with Crippen LogP contribution in [0.4, 0.5) is 13.2 Å². The van der Waals surface area contributed by atoms with E-state index in [0.717, 1.165) is 12.2 Å². The van der Waals surface area contributed by atoms with E-state index in [1.54, 1.807) is 6.92 Å². The van der Waals surface area contributed by atoms with Crippen molar-refractivity contribution in [2.24, 2.45) is 0 Å². The minimum absolute atomic E-state index is 0.602. The Labute approximate surface area is 58.0 Å². The molecule has 0 saturated heterocycles. The highest BCUT2D eigenvalue weighted by Gasteiger charge is 2.30. The molecule has 0 aromatic rings. The van der Waals surface area contributed by atoms with Crippen LogP contribution in [0.1, 0.15) is 13.8 Å². The van der Waals surface area contributed by atoms with Crippen LogP contribution in [0.3, 0.4) is 0 Å². The third kappa shape index (κ3) is 2.71. The molecule has 10 heavy (non-hydrogen) atoms. The first-order valence-corrected chi connectivity index (χ1v) is 2.88. The first kappa shape index (κ1) is 9.27. The lowest BCUT2D eigenvalue weighted by molar-refractivity contribution is -0.0883. The molecule has 0 N–H and O–H groups in total. The summed E-state index contributed by atoms with van der Waals surface area (Å²) >= 11 is 0. The van der Waals surface area contributed by atoms with Crippen molar-refractivity contribution in [2.75, 3.05) is 0 Å². The smallest absolute Gasteiger partial charge is 0.166 e. The molecular weight excluding hydrogens is 141 g/mol. The number of halogens is 3. The Morgan fingerprint density at radius 2 is 1.70 bits per heavy atom. The fourth-order valence-corrected chi connectivity index (χ4v) is 0.534. The van der Waals surface area contributed by atoms with Crippen molar-refractivity contribution in [3.05, 3.63) is 23.8 Å². The van der Waals surface area contributed by atoms with Gasteiger partial charge in [0.15, 0.2) is 0 Å². The summed E-state index contributed by atoms with van der Waals surface area (Å²) in [6.45, 7) is 2.91. The monoisotopic (exact) mass is 150 g/mol. The van der Waals surface area contributed by atoms with Crippen LogP contribution in [0.2, 0.25) is 0 Å². The predicted molar refractivity (Wildman–Crippen MR) is 34.6 cm³/mol. The van der Waals surface area contributed by atoms with Gasteiger partial charge in [-0.05, 0) is 13.8 Å². The molecule has 0 amide bonds. The molecule has 0 radical (unpaired) electrons. The summed E-state index contributed by atoms with van der Waals surface area (Å²) in [7, 11) is 0. The lowest BCUT2D eigenvalue weighted by atomic mass is 10.2. The summed E-state index contributed by atoms with van der Waals surface area (Å²) in [5.74, 6) is 0. The van der Waals surface area contributed by atoms with E-state index in [0.29, 0.717) is 0 Å². The molecule has 58 valence electrons. The van der Waals surface area contributed by atoms with Crippen LogP contribution in [0.5, 0.6) is 0 Å². The van der Waals surface area contributed by atoms with E-state index < -0.39 is 11.7 Å². The Morgan fingerprint density at radius 1 is 1.20 bits per heavy atom. The van der Waals surface area contributed by atoms with E-state index in [9.17, 15) is 13.2 Å². The van der Waals surface area contributed by atoms with E-state index >= 15 is 0 Å². The zero-order chi connectivity index (χ0) is 8.20. The molecule has 0 unspecified atom stereocenters. The molecule has 0 aliphatic heterocycles. The van der Waals surface area contributed by atoms with Crippen LogP contribution < -0.4 is 0 Å². The van der Waals surface area contributed by atoms with Gasteiger partial charge in [0.05, 0.1) is 5.57 Å². The Kier molecular flexibility index (Phi) is 3.19. The lowest BCUT2D eigenvalue weighted by Gasteiger charge is -2.05. The van der Waals surface area contributed by atoms with E-state index in [1.807, 2.05) is 0 Å². The second-order valence-electron chi connectivity index (χ2n) is 1.74. The van der Waals surface area contributed by atoms with Gasteiger partial charge < -0.3 is 0 Å². The molecular formula is C7H9F3. The van der Waals surface area contributed by atoms with Gasteiger partial charge >= 0.3 is 6.18 Å². The van der Waals surface area contributed by atoms with Crippen LogP contribution in [-0.4, -0.2) is 6.18 Å². The van der Waals surface area contributed by atoms with Gasteiger partial charge in [0.1, 0.15) is 0 Å². The van der Waals surface area contributed by atoms with Gasteiger partial charge in [-0.15, -0.1) is 0 Å². The number of hydrogen-bond acceptors (Lipinski definition) is 0. The zero-order valence-corrected chi connectivity index (χ0v) is 5.87. The molecule has 0 saturated carbocycles. The number of allylic oxidation sites excluding steroid dienone is 4. The fourth-order valence-electron chi connectivity index (χ4n) is 0.534. The maximum absolute atomic E-state index is 11.8. The van der Waals surface area contributed by atoms with Crippen LogP contribution >= 0.6 is 0 Å². The number of hydrogen-bond donors (Lipinski definition) is 0. The highest BCUT2D eigenvalue weighted by atomic mass is 19.4. The van der Waals surface area contributed by atoms with Crippen molar-refractivity contribution < 1.29 is 13.2 Å². The Morgan fingerprint density at radius 3 is 1.80 bits per heavy atom. The van der Waals surface area contributed by atoms with Crippen LogP contribution in [0, 0.1) is 0 Å². The normalized spacial score (nSPS) is 14.7. The topological polar surface area (TPSA) is 0 Å². The number of rotatable bonds is 1. The molecule has 0 spiro atoms. The van der Waals surface area contributed by atoms with Gasteiger partial charge in [0.2, 0.25) is 0 Å². The molecule has 0 bridgehead atoms. The molecule has 0 aromatic heterocycles. The molecule has 0 aliphatic rings. The maximum Gasteiger partial charge on any atom is 0.416 e. The predicted octanol–water partition coefficient (Wildman–Crippen LogP) is 3.07. The SMILES string of the molecule is C/C=C/C(=C\C)C(F)(F)F. The Hall–Kier alpha value is -0.730. The second kappa shape index (κ2) is 3.44. The van der Waals surface area contributed by atoms with Gasteiger partial charge in [-0.1, -0.05) is 18.2 Å². The second-order valence-corrected chi connectivity index (χ2v) is 1.74. The molecule has 0 aliphatic carbocycles. The summed E-state index contributed by atoms with van der Waals surface area (Å²) in [6, 6.07) is 0. The standard InChI is InChI=1S/C7H9F3/c1-3-5-6(4-2)7(8,9)10/h3-5H,1-2H3/b5-3+,6-4+. The van der Waals surface area contributed by atoms with Gasteiger partial charge in [-0.3, -0.25) is 0 Å². The molecule has 0 aromatic carbocycles. The first-order valence-electron chi connectivity index (χ1n) is 2.88. The summed E-state index contributed by atoms with van der Waals surface area (Å²) in [4.78, 5) is 0. The summed E-state index contributed by atoms with van der Waals surface area (Å²) in [5.41, 5.74) is -0.602. The largest absolute Gasteiger partial charge is 0.416 e. The highest BCUT2D eigenvalue weighted by Crippen LogP contribution is 2.25.